The van der Waals surface area contributed by atoms with Gasteiger partial charge in [-0.25, -0.2) is 9.48 Å². The van der Waals surface area contributed by atoms with Crippen molar-refractivity contribution >= 4 is 6.03 Å². The van der Waals surface area contributed by atoms with Crippen molar-refractivity contribution in [2.75, 3.05) is 6.79 Å². The third kappa shape index (κ3) is 3.89. The minimum atomic E-state index is -0.235. The van der Waals surface area contributed by atoms with Crippen LogP contribution in [0.5, 0.6) is 11.5 Å². The third-order valence-corrected chi connectivity index (χ3v) is 5.11. The van der Waals surface area contributed by atoms with Crippen molar-refractivity contribution in [2.24, 2.45) is 0 Å². The first-order valence-corrected chi connectivity index (χ1v) is 9.57. The van der Waals surface area contributed by atoms with Gasteiger partial charge in [-0.2, -0.15) is 5.10 Å². The fourth-order valence-electron chi connectivity index (χ4n) is 3.43. The maximum absolute atomic E-state index is 12.4. The molecule has 0 aliphatic carbocycles. The van der Waals surface area contributed by atoms with E-state index in [0.29, 0.717) is 12.3 Å². The highest BCUT2D eigenvalue weighted by Crippen LogP contribution is 2.34. The first kappa shape index (κ1) is 18.9. The maximum atomic E-state index is 12.4. The zero-order valence-corrected chi connectivity index (χ0v) is 16.7. The van der Waals surface area contributed by atoms with Gasteiger partial charge in [-0.3, -0.25) is 0 Å². The molecule has 7 nitrogen and oxygen atoms in total. The highest BCUT2D eigenvalue weighted by molar-refractivity contribution is 5.74. The van der Waals surface area contributed by atoms with E-state index in [1.807, 2.05) is 74.0 Å². The van der Waals surface area contributed by atoms with E-state index >= 15 is 0 Å². The number of para-hydroxylation sites is 1. The predicted molar refractivity (Wildman–Crippen MR) is 109 cm³/mol. The normalized spacial score (nSPS) is 13.2. The maximum Gasteiger partial charge on any atom is 0.315 e. The summed E-state index contributed by atoms with van der Waals surface area (Å²) in [5, 5.41) is 10.5. The van der Waals surface area contributed by atoms with E-state index in [1.165, 1.54) is 0 Å². The zero-order valence-electron chi connectivity index (χ0n) is 16.7. The topological polar surface area (TPSA) is 77.4 Å². The Balaban J connectivity index is 1.39. The van der Waals surface area contributed by atoms with Crippen LogP contribution in [0.15, 0.2) is 48.5 Å². The van der Waals surface area contributed by atoms with Gasteiger partial charge >= 0.3 is 6.03 Å². The summed E-state index contributed by atoms with van der Waals surface area (Å²) in [6, 6.07) is 15.2. The standard InChI is InChI=1S/C22H24N4O3/c1-14(17-9-10-20-21(11-17)29-13-28-20)24-22(27)23-12-19-15(2)25-26(16(19)3)18-7-5-4-6-8-18/h4-11,14H,12-13H2,1-3H3,(H2,23,24,27)/t14-/m1/s1. The highest BCUT2D eigenvalue weighted by atomic mass is 16.7. The number of hydrogen-bond acceptors (Lipinski definition) is 4. The Hall–Kier alpha value is -3.48. The van der Waals surface area contributed by atoms with E-state index in [-0.39, 0.29) is 18.9 Å². The second-order valence-electron chi connectivity index (χ2n) is 7.06. The summed E-state index contributed by atoms with van der Waals surface area (Å²) in [5.74, 6) is 1.43. The molecule has 1 atom stereocenters. The minimum absolute atomic E-state index is 0.168. The van der Waals surface area contributed by atoms with E-state index in [2.05, 4.69) is 15.7 Å². The van der Waals surface area contributed by atoms with E-state index in [9.17, 15) is 4.79 Å². The molecule has 0 saturated heterocycles. The lowest BCUT2D eigenvalue weighted by Gasteiger charge is -2.15. The molecule has 0 spiro atoms. The fourth-order valence-corrected chi connectivity index (χ4v) is 3.43. The van der Waals surface area contributed by atoms with Gasteiger partial charge < -0.3 is 20.1 Å². The van der Waals surface area contributed by atoms with Gasteiger partial charge in [-0.1, -0.05) is 24.3 Å². The Kier molecular flexibility index (Phi) is 5.12. The third-order valence-electron chi connectivity index (χ3n) is 5.11. The zero-order chi connectivity index (χ0) is 20.4. The molecule has 0 fully saturated rings. The largest absolute Gasteiger partial charge is 0.454 e. The number of carbonyl (C=O) groups is 1. The van der Waals surface area contributed by atoms with Gasteiger partial charge in [0.25, 0.3) is 0 Å². The molecular weight excluding hydrogens is 368 g/mol. The van der Waals surface area contributed by atoms with Crippen LogP contribution in [-0.4, -0.2) is 22.6 Å². The van der Waals surface area contributed by atoms with Crippen LogP contribution < -0.4 is 20.1 Å². The van der Waals surface area contributed by atoms with E-state index < -0.39 is 0 Å². The molecule has 4 rings (SSSR count). The molecule has 2 aromatic carbocycles. The smallest absolute Gasteiger partial charge is 0.315 e. The Morgan fingerprint density at radius 1 is 1.14 bits per heavy atom. The first-order chi connectivity index (χ1) is 14.0. The monoisotopic (exact) mass is 392 g/mol. The number of aryl methyl sites for hydroxylation is 1. The number of nitrogens with one attached hydrogen (secondary N) is 2. The summed E-state index contributed by atoms with van der Waals surface area (Å²) in [5.41, 5.74) is 4.88. The SMILES string of the molecule is Cc1nn(-c2ccccc2)c(C)c1CNC(=O)N[C@H](C)c1ccc2c(c1)OCO2. The molecular formula is C22H24N4O3. The number of amides is 2. The molecule has 1 aromatic heterocycles. The Bertz CT molecular complexity index is 1030. The second kappa shape index (κ2) is 7.87. The quantitative estimate of drug-likeness (QED) is 0.693. The lowest BCUT2D eigenvalue weighted by atomic mass is 10.1. The molecule has 0 radical (unpaired) electrons. The van der Waals surface area contributed by atoms with Crippen molar-refractivity contribution < 1.29 is 14.3 Å². The lowest BCUT2D eigenvalue weighted by molar-refractivity contribution is 0.174. The van der Waals surface area contributed by atoms with Crippen molar-refractivity contribution in [3.8, 4) is 17.2 Å². The number of urea groups is 1. The predicted octanol–water partition coefficient (Wildman–Crippen LogP) is 3.78. The molecule has 0 saturated carbocycles. The van der Waals surface area contributed by atoms with Gasteiger partial charge in [0.05, 0.1) is 17.4 Å². The molecule has 2 N–H and O–H groups in total. The average molecular weight is 392 g/mol. The molecule has 2 amide bonds. The van der Waals surface area contributed by atoms with Gasteiger partial charge in [0.15, 0.2) is 11.5 Å². The van der Waals surface area contributed by atoms with Gasteiger partial charge in [0.2, 0.25) is 6.79 Å². The van der Waals surface area contributed by atoms with Crippen LogP contribution in [0.3, 0.4) is 0 Å². The number of fused-ring (bicyclic) bond motifs is 1. The number of hydrogen-bond donors (Lipinski definition) is 2. The van der Waals surface area contributed by atoms with Crippen molar-refractivity contribution in [1.29, 1.82) is 0 Å². The number of benzene rings is 2. The second-order valence-corrected chi connectivity index (χ2v) is 7.06. The number of ether oxygens (including phenoxy) is 2. The molecule has 29 heavy (non-hydrogen) atoms. The summed E-state index contributed by atoms with van der Waals surface area (Å²) in [7, 11) is 0. The van der Waals surface area contributed by atoms with Gasteiger partial charge in [-0.05, 0) is 50.6 Å². The molecule has 1 aliphatic rings. The van der Waals surface area contributed by atoms with Crippen LogP contribution in [0, 0.1) is 13.8 Å². The van der Waals surface area contributed by atoms with Crippen molar-refractivity contribution in [3.63, 3.8) is 0 Å². The Labute approximate surface area is 169 Å². The van der Waals surface area contributed by atoms with E-state index in [0.717, 1.165) is 34.0 Å². The van der Waals surface area contributed by atoms with Crippen molar-refractivity contribution in [1.82, 2.24) is 20.4 Å². The first-order valence-electron chi connectivity index (χ1n) is 9.57. The van der Waals surface area contributed by atoms with E-state index in [4.69, 9.17) is 9.47 Å². The molecule has 0 bridgehead atoms. The fraction of sp³-hybridized carbons (Fsp3) is 0.273. The lowest BCUT2D eigenvalue weighted by Crippen LogP contribution is -2.36. The minimum Gasteiger partial charge on any atom is -0.454 e. The Morgan fingerprint density at radius 3 is 2.69 bits per heavy atom. The highest BCUT2D eigenvalue weighted by Gasteiger charge is 2.18. The number of rotatable bonds is 5. The van der Waals surface area contributed by atoms with Gasteiger partial charge in [0, 0.05) is 17.8 Å². The van der Waals surface area contributed by atoms with Crippen LogP contribution in [-0.2, 0) is 6.54 Å². The number of nitrogens with zero attached hydrogens (tertiary/aromatic N) is 2. The molecule has 150 valence electrons. The van der Waals surface area contributed by atoms with Crippen molar-refractivity contribution in [3.05, 3.63) is 71.0 Å². The average Bonchev–Trinajstić information content (AvgIpc) is 3.30. The molecule has 0 unspecified atom stereocenters. The summed E-state index contributed by atoms with van der Waals surface area (Å²) in [6.07, 6.45) is 0. The van der Waals surface area contributed by atoms with Gasteiger partial charge in [-0.15, -0.1) is 0 Å². The molecule has 7 heteroatoms. The number of carbonyl (C=O) groups excluding carboxylic acids is 1. The summed E-state index contributed by atoms with van der Waals surface area (Å²) < 4.78 is 12.6. The van der Waals surface area contributed by atoms with Gasteiger partial charge in [0.1, 0.15) is 0 Å². The van der Waals surface area contributed by atoms with E-state index in [1.54, 1.807) is 0 Å². The van der Waals surface area contributed by atoms with Crippen molar-refractivity contribution in [2.45, 2.75) is 33.4 Å². The molecule has 3 aromatic rings. The summed E-state index contributed by atoms with van der Waals surface area (Å²) in [4.78, 5) is 12.4. The number of aromatic nitrogens is 2. The summed E-state index contributed by atoms with van der Waals surface area (Å²) in [6.45, 7) is 6.54. The Morgan fingerprint density at radius 2 is 1.90 bits per heavy atom. The van der Waals surface area contributed by atoms with Crippen LogP contribution in [0.25, 0.3) is 5.69 Å². The van der Waals surface area contributed by atoms with Crippen LogP contribution >= 0.6 is 0 Å². The van der Waals surface area contributed by atoms with Crippen LogP contribution in [0.4, 0.5) is 4.79 Å². The molecule has 1 aliphatic heterocycles. The summed E-state index contributed by atoms with van der Waals surface area (Å²) >= 11 is 0. The van der Waals surface area contributed by atoms with Crippen LogP contribution in [0.1, 0.15) is 35.5 Å². The van der Waals surface area contributed by atoms with Crippen LogP contribution in [0.2, 0.25) is 0 Å². The molecule has 2 heterocycles.